The van der Waals surface area contributed by atoms with E-state index in [1.165, 1.54) is 18.2 Å². The van der Waals surface area contributed by atoms with Gasteiger partial charge in [0.2, 0.25) is 0 Å². The van der Waals surface area contributed by atoms with Crippen molar-refractivity contribution >= 4 is 17.3 Å². The third-order valence-electron chi connectivity index (χ3n) is 2.09. The standard InChI is InChI=1S/C12H9FO3S/c1-7-2-3-8(13)9(6-7)16-11-5-4-10(17-11)12(14)15/h2-6H,1H3,(H,14,15). The number of carbonyl (C=O) groups is 1. The molecule has 0 aliphatic heterocycles. The lowest BCUT2D eigenvalue weighted by Crippen LogP contribution is -1.89. The largest absolute Gasteiger partial charge is 0.477 e. The highest BCUT2D eigenvalue weighted by Crippen LogP contribution is 2.31. The number of aromatic carboxylic acids is 1. The van der Waals surface area contributed by atoms with Crippen LogP contribution in [0.25, 0.3) is 0 Å². The summed E-state index contributed by atoms with van der Waals surface area (Å²) in [6.45, 7) is 1.82. The van der Waals surface area contributed by atoms with Crippen LogP contribution in [0, 0.1) is 12.7 Å². The summed E-state index contributed by atoms with van der Waals surface area (Å²) in [5.74, 6) is -1.39. The van der Waals surface area contributed by atoms with Gasteiger partial charge >= 0.3 is 5.97 Å². The Morgan fingerprint density at radius 3 is 2.76 bits per heavy atom. The molecule has 0 amide bonds. The summed E-state index contributed by atoms with van der Waals surface area (Å²) in [6.07, 6.45) is 0. The Bertz CT molecular complexity index is 563. The van der Waals surface area contributed by atoms with Crippen LogP contribution in [0.2, 0.25) is 0 Å². The number of ether oxygens (including phenoxy) is 1. The van der Waals surface area contributed by atoms with Gasteiger partial charge in [-0.15, -0.1) is 0 Å². The molecule has 5 heteroatoms. The van der Waals surface area contributed by atoms with Crippen LogP contribution < -0.4 is 4.74 Å². The fourth-order valence-electron chi connectivity index (χ4n) is 1.29. The Kier molecular flexibility index (Phi) is 3.10. The van der Waals surface area contributed by atoms with Gasteiger partial charge in [-0.3, -0.25) is 0 Å². The molecule has 88 valence electrons. The summed E-state index contributed by atoms with van der Waals surface area (Å²) in [6, 6.07) is 7.46. The number of benzene rings is 1. The van der Waals surface area contributed by atoms with E-state index in [1.54, 1.807) is 12.1 Å². The second-order valence-corrected chi connectivity index (χ2v) is 4.51. The number of rotatable bonds is 3. The molecule has 0 unspecified atom stereocenters. The van der Waals surface area contributed by atoms with Crippen molar-refractivity contribution < 1.29 is 19.0 Å². The van der Waals surface area contributed by atoms with Crippen LogP contribution in [-0.4, -0.2) is 11.1 Å². The summed E-state index contributed by atoms with van der Waals surface area (Å²) in [5, 5.41) is 9.10. The molecule has 1 heterocycles. The number of hydrogen-bond acceptors (Lipinski definition) is 3. The minimum Gasteiger partial charge on any atom is -0.477 e. The molecule has 0 saturated carbocycles. The predicted molar refractivity (Wildman–Crippen MR) is 62.5 cm³/mol. The third kappa shape index (κ3) is 2.62. The van der Waals surface area contributed by atoms with Crippen LogP contribution >= 0.6 is 11.3 Å². The maximum absolute atomic E-state index is 13.4. The number of carboxylic acids is 1. The van der Waals surface area contributed by atoms with Gasteiger partial charge in [-0.05, 0) is 36.8 Å². The molecule has 1 aromatic carbocycles. The van der Waals surface area contributed by atoms with Gasteiger partial charge in [-0.25, -0.2) is 9.18 Å². The first-order valence-electron chi connectivity index (χ1n) is 4.83. The van der Waals surface area contributed by atoms with Crippen LogP contribution in [0.4, 0.5) is 4.39 Å². The Morgan fingerprint density at radius 2 is 2.12 bits per heavy atom. The van der Waals surface area contributed by atoms with Crippen LogP contribution in [0.15, 0.2) is 30.3 Å². The molecule has 17 heavy (non-hydrogen) atoms. The predicted octanol–water partition coefficient (Wildman–Crippen LogP) is 3.69. The molecule has 1 aromatic heterocycles. The zero-order valence-corrected chi connectivity index (χ0v) is 9.75. The first-order chi connectivity index (χ1) is 8.06. The van der Waals surface area contributed by atoms with E-state index < -0.39 is 11.8 Å². The van der Waals surface area contributed by atoms with Gasteiger partial charge in [0.25, 0.3) is 0 Å². The van der Waals surface area contributed by atoms with Crippen LogP contribution in [0.1, 0.15) is 15.2 Å². The van der Waals surface area contributed by atoms with E-state index in [-0.39, 0.29) is 10.6 Å². The average molecular weight is 252 g/mol. The molecule has 0 atom stereocenters. The highest BCUT2D eigenvalue weighted by Gasteiger charge is 2.10. The Morgan fingerprint density at radius 1 is 1.35 bits per heavy atom. The summed E-state index contributed by atoms with van der Waals surface area (Å²) in [5.41, 5.74) is 0.872. The maximum Gasteiger partial charge on any atom is 0.345 e. The molecule has 0 aliphatic rings. The van der Waals surface area contributed by atoms with E-state index in [0.717, 1.165) is 16.9 Å². The van der Waals surface area contributed by atoms with E-state index in [9.17, 15) is 9.18 Å². The normalized spacial score (nSPS) is 10.2. The smallest absolute Gasteiger partial charge is 0.345 e. The molecule has 2 aromatic rings. The van der Waals surface area contributed by atoms with Crippen molar-refractivity contribution in [3.8, 4) is 10.8 Å². The summed E-state index contributed by atoms with van der Waals surface area (Å²) < 4.78 is 18.7. The zero-order valence-electron chi connectivity index (χ0n) is 8.94. The second kappa shape index (κ2) is 4.55. The average Bonchev–Trinajstić information content (AvgIpc) is 2.72. The molecule has 0 saturated heterocycles. The molecule has 3 nitrogen and oxygen atoms in total. The first kappa shape index (κ1) is 11.6. The molecule has 0 bridgehead atoms. The fourth-order valence-corrected chi connectivity index (χ4v) is 1.99. The van der Waals surface area contributed by atoms with Gasteiger partial charge in [-0.2, -0.15) is 0 Å². The van der Waals surface area contributed by atoms with Crippen molar-refractivity contribution in [1.82, 2.24) is 0 Å². The number of aryl methyl sites for hydroxylation is 1. The van der Waals surface area contributed by atoms with Crippen molar-refractivity contribution in [2.45, 2.75) is 6.92 Å². The lowest BCUT2D eigenvalue weighted by Gasteiger charge is -2.04. The van der Waals surface area contributed by atoms with E-state index in [2.05, 4.69) is 0 Å². The summed E-state index contributed by atoms with van der Waals surface area (Å²) in [4.78, 5) is 10.8. The molecular weight excluding hydrogens is 243 g/mol. The van der Waals surface area contributed by atoms with E-state index in [0.29, 0.717) is 5.06 Å². The zero-order chi connectivity index (χ0) is 12.4. The Balaban J connectivity index is 2.25. The highest BCUT2D eigenvalue weighted by molar-refractivity contribution is 7.15. The van der Waals surface area contributed by atoms with Crippen LogP contribution in [0.5, 0.6) is 10.8 Å². The number of halogens is 1. The van der Waals surface area contributed by atoms with Crippen LogP contribution in [0.3, 0.4) is 0 Å². The quantitative estimate of drug-likeness (QED) is 0.906. The van der Waals surface area contributed by atoms with Gasteiger partial charge in [0, 0.05) is 0 Å². The van der Waals surface area contributed by atoms with Crippen molar-refractivity contribution in [2.75, 3.05) is 0 Å². The van der Waals surface area contributed by atoms with Gasteiger partial charge in [0.1, 0.15) is 4.88 Å². The van der Waals surface area contributed by atoms with Crippen molar-refractivity contribution in [2.24, 2.45) is 0 Å². The first-order valence-corrected chi connectivity index (χ1v) is 5.65. The second-order valence-electron chi connectivity index (χ2n) is 3.46. The fraction of sp³-hybridized carbons (Fsp3) is 0.0833. The molecule has 1 N–H and O–H groups in total. The van der Waals surface area contributed by atoms with Gasteiger partial charge in [0.15, 0.2) is 16.6 Å². The molecule has 0 spiro atoms. The number of carboxylic acid groups (broad SMARTS) is 1. The Labute approximate surface area is 101 Å². The van der Waals surface area contributed by atoms with E-state index in [4.69, 9.17) is 9.84 Å². The number of thiophene rings is 1. The molecular formula is C12H9FO3S. The lowest BCUT2D eigenvalue weighted by atomic mass is 10.2. The minimum absolute atomic E-state index is 0.101. The van der Waals surface area contributed by atoms with Crippen molar-refractivity contribution in [1.29, 1.82) is 0 Å². The van der Waals surface area contributed by atoms with Gasteiger partial charge in [0.05, 0.1) is 0 Å². The van der Waals surface area contributed by atoms with E-state index >= 15 is 0 Å². The molecule has 0 fully saturated rings. The van der Waals surface area contributed by atoms with E-state index in [1.807, 2.05) is 6.92 Å². The summed E-state index contributed by atoms with van der Waals surface area (Å²) in [7, 11) is 0. The molecule has 2 rings (SSSR count). The van der Waals surface area contributed by atoms with Crippen molar-refractivity contribution in [3.05, 3.63) is 46.6 Å². The topological polar surface area (TPSA) is 46.5 Å². The monoisotopic (exact) mass is 252 g/mol. The molecule has 0 aliphatic carbocycles. The third-order valence-corrected chi connectivity index (χ3v) is 3.04. The SMILES string of the molecule is Cc1ccc(F)c(Oc2ccc(C(=O)O)s2)c1. The van der Waals surface area contributed by atoms with Gasteiger partial charge < -0.3 is 9.84 Å². The van der Waals surface area contributed by atoms with Crippen LogP contribution in [-0.2, 0) is 0 Å². The maximum atomic E-state index is 13.4. The van der Waals surface area contributed by atoms with Crippen molar-refractivity contribution in [3.63, 3.8) is 0 Å². The lowest BCUT2D eigenvalue weighted by molar-refractivity contribution is 0.0702. The highest BCUT2D eigenvalue weighted by atomic mass is 32.1. The number of hydrogen-bond donors (Lipinski definition) is 1. The minimum atomic E-state index is -1.02. The Hall–Kier alpha value is -1.88. The molecule has 0 radical (unpaired) electrons. The summed E-state index contributed by atoms with van der Waals surface area (Å²) >= 11 is 0.962. The van der Waals surface area contributed by atoms with Gasteiger partial charge in [-0.1, -0.05) is 17.4 Å².